The van der Waals surface area contributed by atoms with Crippen LogP contribution >= 0.6 is 23.4 Å². The molecular weight excluding hydrogens is 668 g/mol. The molecule has 0 aliphatic rings. The largest absolute Gasteiger partial charge is 0.487 e. The summed E-state index contributed by atoms with van der Waals surface area (Å²) in [6.07, 6.45) is 2.11. The van der Waals surface area contributed by atoms with E-state index in [1.165, 1.54) is 0 Å². The predicted octanol–water partition coefficient (Wildman–Crippen LogP) is 8.59. The summed E-state index contributed by atoms with van der Waals surface area (Å²) >= 11 is 7.93. The van der Waals surface area contributed by atoms with Crippen LogP contribution in [0.1, 0.15) is 51.6 Å². The smallest absolute Gasteiger partial charge is 0.344 e. The number of oxime groups is 1. The molecule has 0 fully saturated rings. The van der Waals surface area contributed by atoms with Gasteiger partial charge in [-0.1, -0.05) is 81.7 Å². The molecule has 0 radical (unpaired) electrons. The average molecular weight is 705 g/mol. The summed E-state index contributed by atoms with van der Waals surface area (Å²) in [7, 11) is 0. The van der Waals surface area contributed by atoms with Crippen LogP contribution in [0, 0.1) is 15.5 Å². The number of carboxylic acid groups (broad SMARTS) is 1. The van der Waals surface area contributed by atoms with E-state index in [4.69, 9.17) is 36.1 Å². The van der Waals surface area contributed by atoms with Crippen molar-refractivity contribution in [3.05, 3.63) is 105 Å². The first-order valence-electron chi connectivity index (χ1n) is 15.5. The number of para-hydroxylation sites is 1. The summed E-state index contributed by atoms with van der Waals surface area (Å²) < 4.78 is 8.29. The van der Waals surface area contributed by atoms with Crippen molar-refractivity contribution >= 4 is 57.4 Å². The van der Waals surface area contributed by atoms with E-state index in [1.807, 2.05) is 74.5 Å². The number of ether oxygens (including phenoxy) is 1. The van der Waals surface area contributed by atoms with Crippen molar-refractivity contribution in [2.45, 2.75) is 63.8 Å². The molecule has 1 N–H and O–H groups in total. The van der Waals surface area contributed by atoms with E-state index in [9.17, 15) is 14.9 Å². The average Bonchev–Trinajstić information content (AvgIpc) is 3.28. The molecule has 2 aromatic heterocycles. The van der Waals surface area contributed by atoms with Crippen LogP contribution in [0.15, 0.2) is 82.8 Å². The number of aliphatic carboxylic acids is 1. The number of pyridine rings is 1. The summed E-state index contributed by atoms with van der Waals surface area (Å²) in [4.78, 5) is 37.6. The second-order valence-corrected chi connectivity index (χ2v) is 15.4. The van der Waals surface area contributed by atoms with Gasteiger partial charge in [0.25, 0.3) is 5.09 Å². The van der Waals surface area contributed by atoms with Crippen molar-refractivity contribution in [1.29, 1.82) is 0 Å². The maximum atomic E-state index is 11.1. The molecule has 2 heterocycles. The molecule has 49 heavy (non-hydrogen) atoms. The fourth-order valence-electron chi connectivity index (χ4n) is 5.30. The van der Waals surface area contributed by atoms with Gasteiger partial charge in [-0.05, 0) is 54.4 Å². The summed E-state index contributed by atoms with van der Waals surface area (Å²) in [5.41, 5.74) is 3.81. The lowest BCUT2D eigenvalue weighted by molar-refractivity contribution is -0.711. The summed E-state index contributed by atoms with van der Waals surface area (Å²) in [6.45, 7) is 10.5. The second kappa shape index (κ2) is 14.8. The fraction of sp³-hybridized carbons (Fsp3) is 0.306. The standard InChI is InChI=1S/C36H37ClN4O7S/c1-35(2,3)49-34-27-17-26(46-20-25-12-11-24-8-6-7-9-29(24)39-25)13-15-30(27)40(19-23-10-14-28(37)32(16-23)48-41(44)45)31(34)18-36(4,5)22-38-47-21-33(42)43/h6-17,22H,18-21H2,1-5H3,(H,42,43)/b38-22+. The van der Waals surface area contributed by atoms with Gasteiger partial charge in [0.05, 0.1) is 16.2 Å². The van der Waals surface area contributed by atoms with Crippen molar-refractivity contribution in [2.75, 3.05) is 6.61 Å². The van der Waals surface area contributed by atoms with Crippen LogP contribution in [0.2, 0.25) is 5.02 Å². The molecule has 0 unspecified atom stereocenters. The third kappa shape index (κ3) is 9.42. The number of rotatable bonds is 14. The molecule has 0 saturated carbocycles. The molecule has 0 saturated heterocycles. The Balaban J connectivity index is 1.58. The normalized spacial score (nSPS) is 12.1. The van der Waals surface area contributed by atoms with Gasteiger partial charge >= 0.3 is 5.97 Å². The summed E-state index contributed by atoms with van der Waals surface area (Å²) in [5, 5.41) is 25.3. The molecule has 0 bridgehead atoms. The van der Waals surface area contributed by atoms with Crippen molar-refractivity contribution in [1.82, 2.24) is 9.55 Å². The molecule has 5 rings (SSSR count). The number of halogens is 1. The Labute approximate surface area is 292 Å². The van der Waals surface area contributed by atoms with Gasteiger partial charge in [-0.15, -0.1) is 21.9 Å². The predicted molar refractivity (Wildman–Crippen MR) is 191 cm³/mol. The van der Waals surface area contributed by atoms with Crippen LogP contribution in [-0.2, 0) is 29.2 Å². The van der Waals surface area contributed by atoms with Crippen LogP contribution in [0.25, 0.3) is 21.8 Å². The van der Waals surface area contributed by atoms with Crippen molar-refractivity contribution in [2.24, 2.45) is 10.6 Å². The third-order valence-corrected chi connectivity index (χ3v) is 8.92. The number of thioether (sulfide) groups is 1. The Kier molecular flexibility index (Phi) is 10.7. The van der Waals surface area contributed by atoms with Gasteiger partial charge in [0.15, 0.2) is 0 Å². The van der Waals surface area contributed by atoms with Crippen molar-refractivity contribution in [3.63, 3.8) is 0 Å². The number of hydrogen-bond acceptors (Lipinski definition) is 9. The Morgan fingerprint density at radius 3 is 2.59 bits per heavy atom. The first-order valence-corrected chi connectivity index (χ1v) is 16.7. The number of carboxylic acids is 1. The number of nitrogens with zero attached hydrogens (tertiary/aromatic N) is 4. The number of benzene rings is 3. The van der Waals surface area contributed by atoms with E-state index in [0.717, 1.165) is 43.7 Å². The molecule has 13 heteroatoms. The molecular formula is C36H37ClN4O7S. The van der Waals surface area contributed by atoms with E-state index in [-0.39, 0.29) is 22.1 Å². The van der Waals surface area contributed by atoms with Crippen LogP contribution < -0.4 is 9.57 Å². The molecule has 0 atom stereocenters. The molecule has 3 aromatic carbocycles. The highest BCUT2D eigenvalue weighted by Crippen LogP contribution is 2.44. The lowest BCUT2D eigenvalue weighted by Crippen LogP contribution is -2.21. The lowest BCUT2D eigenvalue weighted by atomic mass is 9.89. The van der Waals surface area contributed by atoms with E-state index in [0.29, 0.717) is 18.7 Å². The fourth-order valence-corrected chi connectivity index (χ4v) is 6.63. The zero-order valence-corrected chi connectivity index (χ0v) is 29.4. The van der Waals surface area contributed by atoms with Gasteiger partial charge < -0.3 is 19.2 Å². The zero-order chi connectivity index (χ0) is 35.3. The van der Waals surface area contributed by atoms with Gasteiger partial charge in [0.1, 0.15) is 18.1 Å². The zero-order valence-electron chi connectivity index (χ0n) is 27.8. The van der Waals surface area contributed by atoms with Gasteiger partial charge in [0.2, 0.25) is 6.61 Å². The van der Waals surface area contributed by atoms with E-state index < -0.39 is 23.1 Å². The Hall–Kier alpha value is -4.81. The van der Waals surface area contributed by atoms with E-state index in [1.54, 1.807) is 30.1 Å². The second-order valence-electron chi connectivity index (χ2n) is 13.2. The quantitative estimate of drug-likeness (QED) is 0.0521. The highest BCUT2D eigenvalue weighted by molar-refractivity contribution is 8.00. The minimum absolute atomic E-state index is 0.0486. The Bertz CT molecular complexity index is 2040. The SMILES string of the molecule is CC(C)(/C=N/OCC(=O)O)Cc1c(SC(C)(C)C)c2cc(OCc3ccc4ccccc4n3)ccc2n1Cc1ccc(Cl)c(O[N+](=O)[O-])c1. The van der Waals surface area contributed by atoms with Gasteiger partial charge in [0, 0.05) is 49.8 Å². The Morgan fingerprint density at radius 2 is 1.86 bits per heavy atom. The molecule has 0 aliphatic carbocycles. The molecule has 5 aromatic rings. The van der Waals surface area contributed by atoms with Crippen molar-refractivity contribution < 1.29 is 29.4 Å². The highest BCUT2D eigenvalue weighted by Gasteiger charge is 2.28. The Morgan fingerprint density at radius 1 is 1.08 bits per heavy atom. The monoisotopic (exact) mass is 704 g/mol. The minimum Gasteiger partial charge on any atom is -0.487 e. The van der Waals surface area contributed by atoms with Crippen molar-refractivity contribution in [3.8, 4) is 11.5 Å². The van der Waals surface area contributed by atoms with Gasteiger partial charge in [-0.3, -0.25) is 4.84 Å². The minimum atomic E-state index is -1.11. The lowest BCUT2D eigenvalue weighted by Gasteiger charge is -2.24. The number of hydrogen-bond donors (Lipinski definition) is 1. The highest BCUT2D eigenvalue weighted by atomic mass is 35.5. The number of aromatic nitrogens is 2. The van der Waals surface area contributed by atoms with Crippen LogP contribution in [0.5, 0.6) is 11.5 Å². The maximum Gasteiger partial charge on any atom is 0.344 e. The van der Waals surface area contributed by atoms with Crippen LogP contribution in [0.3, 0.4) is 0 Å². The van der Waals surface area contributed by atoms with Gasteiger partial charge in [-0.25, -0.2) is 9.78 Å². The first kappa shape index (κ1) is 35.5. The summed E-state index contributed by atoms with van der Waals surface area (Å²) in [6, 6.07) is 22.8. The topological polar surface area (TPSA) is 138 Å². The maximum absolute atomic E-state index is 11.1. The molecule has 0 amide bonds. The molecule has 256 valence electrons. The van der Waals surface area contributed by atoms with E-state index in [2.05, 4.69) is 30.5 Å². The van der Waals surface area contributed by atoms with Gasteiger partial charge in [-0.2, -0.15) is 0 Å². The van der Waals surface area contributed by atoms with E-state index >= 15 is 0 Å². The summed E-state index contributed by atoms with van der Waals surface area (Å²) in [5.74, 6) is -0.484. The first-order chi connectivity index (χ1) is 23.2. The third-order valence-electron chi connectivity index (χ3n) is 7.34. The number of fused-ring (bicyclic) bond motifs is 2. The molecule has 0 spiro atoms. The molecule has 11 nitrogen and oxygen atoms in total. The molecule has 0 aliphatic heterocycles. The van der Waals surface area contributed by atoms with Crippen LogP contribution in [-0.4, -0.2) is 43.3 Å². The number of carbonyl (C=O) groups is 1. The van der Waals surface area contributed by atoms with Crippen LogP contribution in [0.4, 0.5) is 0 Å².